The summed E-state index contributed by atoms with van der Waals surface area (Å²) in [6.07, 6.45) is 1.69. The van der Waals surface area contributed by atoms with Gasteiger partial charge < -0.3 is 16.0 Å². The van der Waals surface area contributed by atoms with Crippen molar-refractivity contribution in [3.8, 4) is 0 Å². The van der Waals surface area contributed by atoms with Gasteiger partial charge in [0, 0.05) is 24.7 Å². The number of carbonyl (C=O) groups excluding carboxylic acids is 1. The van der Waals surface area contributed by atoms with Crippen molar-refractivity contribution >= 4 is 57.2 Å². The number of nitrogens with zero attached hydrogens (tertiary/aromatic N) is 5. The molecule has 0 aliphatic heterocycles. The molecule has 0 aliphatic carbocycles. The Morgan fingerprint density at radius 3 is 2.50 bits per heavy atom. The van der Waals surface area contributed by atoms with Gasteiger partial charge in [-0.05, 0) is 41.3 Å². The van der Waals surface area contributed by atoms with Crippen LogP contribution in [-0.2, 0) is 6.54 Å². The molecule has 0 saturated heterocycles. The summed E-state index contributed by atoms with van der Waals surface area (Å²) in [4.78, 5) is 25.7. The van der Waals surface area contributed by atoms with Crippen molar-refractivity contribution in [1.29, 1.82) is 0 Å². The average Bonchev–Trinajstić information content (AvgIpc) is 3.45. The maximum atomic E-state index is 13.2. The topological polar surface area (TPSA) is 101 Å². The molecule has 0 aliphatic rings. The minimum absolute atomic E-state index is 0.190. The number of hydrogen-bond acceptors (Lipinski definition) is 7. The predicted octanol–water partition coefficient (Wildman–Crippen LogP) is 4.11. The molecular formula is C25H23N7OS. The zero-order chi connectivity index (χ0) is 23.7. The lowest BCUT2D eigenvalue weighted by Gasteiger charge is -2.11. The Labute approximate surface area is 200 Å². The number of aromatic nitrogens is 3. The SMILES string of the molecule is CN(C)c1ccc(C=Nn2c(N)c(C(=O)NCc3cccs3)c3nc4ccccc4nc32)cc1. The minimum atomic E-state index is -0.315. The normalized spacial score (nSPS) is 11.5. The first-order valence-corrected chi connectivity index (χ1v) is 11.6. The Bertz CT molecular complexity index is 1500. The number of fused-ring (bicyclic) bond motifs is 2. The van der Waals surface area contributed by atoms with E-state index >= 15 is 0 Å². The molecule has 0 spiro atoms. The van der Waals surface area contributed by atoms with Crippen LogP contribution < -0.4 is 16.0 Å². The van der Waals surface area contributed by atoms with Crippen LogP contribution in [0.25, 0.3) is 22.2 Å². The van der Waals surface area contributed by atoms with Gasteiger partial charge in [0.05, 0.1) is 23.8 Å². The van der Waals surface area contributed by atoms with E-state index in [1.807, 2.05) is 85.0 Å². The van der Waals surface area contributed by atoms with E-state index in [-0.39, 0.29) is 17.3 Å². The smallest absolute Gasteiger partial charge is 0.257 e. The number of nitrogens with two attached hydrogens (primary N) is 1. The summed E-state index contributed by atoms with van der Waals surface area (Å²) in [5.41, 5.74) is 10.9. The summed E-state index contributed by atoms with van der Waals surface area (Å²) >= 11 is 1.58. The lowest BCUT2D eigenvalue weighted by atomic mass is 10.2. The van der Waals surface area contributed by atoms with Crippen molar-refractivity contribution in [2.45, 2.75) is 6.54 Å². The average molecular weight is 470 g/mol. The van der Waals surface area contributed by atoms with Crippen LogP contribution >= 0.6 is 11.3 Å². The van der Waals surface area contributed by atoms with Crippen molar-refractivity contribution in [2.75, 3.05) is 24.7 Å². The molecule has 0 fully saturated rings. The quantitative estimate of drug-likeness (QED) is 0.365. The number of anilines is 2. The number of carbonyl (C=O) groups is 1. The lowest BCUT2D eigenvalue weighted by molar-refractivity contribution is 0.0953. The van der Waals surface area contributed by atoms with E-state index in [0.717, 1.165) is 16.1 Å². The Kier molecular flexibility index (Phi) is 5.69. The second-order valence-electron chi connectivity index (χ2n) is 7.95. The fourth-order valence-electron chi connectivity index (χ4n) is 3.64. The Morgan fingerprint density at radius 2 is 1.82 bits per heavy atom. The molecular weight excluding hydrogens is 446 g/mol. The molecule has 5 aromatic rings. The van der Waals surface area contributed by atoms with Crippen molar-refractivity contribution < 1.29 is 4.79 Å². The van der Waals surface area contributed by atoms with Gasteiger partial charge in [-0.2, -0.15) is 9.78 Å². The highest BCUT2D eigenvalue weighted by Gasteiger charge is 2.24. The number of rotatable bonds is 6. The summed E-state index contributed by atoms with van der Waals surface area (Å²) in [6.45, 7) is 0.408. The summed E-state index contributed by atoms with van der Waals surface area (Å²) < 4.78 is 1.48. The van der Waals surface area contributed by atoms with Crippen molar-refractivity contribution in [2.24, 2.45) is 5.10 Å². The molecule has 170 valence electrons. The van der Waals surface area contributed by atoms with Gasteiger partial charge in [0.25, 0.3) is 5.91 Å². The third kappa shape index (κ3) is 4.08. The molecule has 5 rings (SSSR count). The highest BCUT2D eigenvalue weighted by molar-refractivity contribution is 7.09. The van der Waals surface area contributed by atoms with Gasteiger partial charge in [-0.1, -0.05) is 30.3 Å². The number of amides is 1. The molecule has 0 unspecified atom stereocenters. The second kappa shape index (κ2) is 8.95. The van der Waals surface area contributed by atoms with Gasteiger partial charge in [0.2, 0.25) is 0 Å². The molecule has 34 heavy (non-hydrogen) atoms. The summed E-state index contributed by atoms with van der Waals surface area (Å²) in [6, 6.07) is 19.4. The fourth-order valence-corrected chi connectivity index (χ4v) is 4.28. The molecule has 2 aromatic carbocycles. The molecule has 0 bridgehead atoms. The van der Waals surface area contributed by atoms with E-state index in [4.69, 9.17) is 15.7 Å². The third-order valence-electron chi connectivity index (χ3n) is 5.44. The van der Waals surface area contributed by atoms with Crippen molar-refractivity contribution in [3.63, 3.8) is 0 Å². The Morgan fingerprint density at radius 1 is 1.09 bits per heavy atom. The van der Waals surface area contributed by atoms with Gasteiger partial charge in [-0.15, -0.1) is 11.3 Å². The Hall–Kier alpha value is -4.24. The number of nitrogen functional groups attached to an aromatic ring is 1. The monoisotopic (exact) mass is 469 g/mol. The third-order valence-corrected chi connectivity index (χ3v) is 6.31. The molecule has 8 nitrogen and oxygen atoms in total. The van der Waals surface area contributed by atoms with Crippen molar-refractivity contribution in [3.05, 3.63) is 82.0 Å². The zero-order valence-corrected chi connectivity index (χ0v) is 19.6. The number of thiophene rings is 1. The van der Waals surface area contributed by atoms with Gasteiger partial charge in [-0.3, -0.25) is 4.79 Å². The number of nitrogens with one attached hydrogen (secondary N) is 1. The van der Waals surface area contributed by atoms with E-state index in [2.05, 4.69) is 10.4 Å². The van der Waals surface area contributed by atoms with E-state index < -0.39 is 0 Å². The predicted molar refractivity (Wildman–Crippen MR) is 139 cm³/mol. The highest BCUT2D eigenvalue weighted by Crippen LogP contribution is 2.28. The first-order valence-electron chi connectivity index (χ1n) is 10.7. The summed E-state index contributed by atoms with van der Waals surface area (Å²) in [5, 5.41) is 9.48. The van der Waals surface area contributed by atoms with E-state index in [0.29, 0.717) is 28.7 Å². The van der Waals surface area contributed by atoms with Gasteiger partial charge in [0.1, 0.15) is 16.9 Å². The number of benzene rings is 2. The molecule has 3 heterocycles. The van der Waals surface area contributed by atoms with E-state index in [1.165, 1.54) is 4.68 Å². The second-order valence-corrected chi connectivity index (χ2v) is 8.98. The summed E-state index contributed by atoms with van der Waals surface area (Å²) in [7, 11) is 3.98. The van der Waals surface area contributed by atoms with E-state index in [9.17, 15) is 4.79 Å². The fraction of sp³-hybridized carbons (Fsp3) is 0.120. The van der Waals surface area contributed by atoms with Crippen LogP contribution in [0.4, 0.5) is 11.5 Å². The summed E-state index contributed by atoms with van der Waals surface area (Å²) in [5.74, 6) is -0.125. The van der Waals surface area contributed by atoms with Gasteiger partial charge in [-0.25, -0.2) is 9.97 Å². The zero-order valence-electron chi connectivity index (χ0n) is 18.8. The first-order chi connectivity index (χ1) is 16.5. The Balaban J connectivity index is 1.58. The van der Waals surface area contributed by atoms with Crippen LogP contribution in [0.5, 0.6) is 0 Å². The van der Waals surface area contributed by atoms with Crippen molar-refractivity contribution in [1.82, 2.24) is 20.0 Å². The molecule has 0 radical (unpaired) electrons. The standard InChI is InChI=1S/C25H23N7OS/c1-31(2)17-11-9-16(10-12-17)14-28-32-23(26)21(25(33)27-15-18-6-5-13-34-18)22-24(32)30-20-8-4-3-7-19(20)29-22/h3-14H,15,26H2,1-2H3,(H,27,33). The first kappa shape index (κ1) is 21.6. The van der Waals surface area contributed by atoms with Gasteiger partial charge in [0.15, 0.2) is 5.65 Å². The number of para-hydroxylation sites is 2. The van der Waals surface area contributed by atoms with Gasteiger partial charge >= 0.3 is 0 Å². The van der Waals surface area contributed by atoms with Crippen LogP contribution in [0, 0.1) is 0 Å². The van der Waals surface area contributed by atoms with Crippen LogP contribution in [-0.4, -0.2) is 40.9 Å². The van der Waals surface area contributed by atoms with Crippen LogP contribution in [0.1, 0.15) is 20.8 Å². The van der Waals surface area contributed by atoms with Crippen LogP contribution in [0.3, 0.4) is 0 Å². The van der Waals surface area contributed by atoms with E-state index in [1.54, 1.807) is 17.6 Å². The minimum Gasteiger partial charge on any atom is -0.383 e. The number of hydrogen-bond donors (Lipinski definition) is 2. The van der Waals surface area contributed by atoms with Crippen LogP contribution in [0.2, 0.25) is 0 Å². The molecule has 3 N–H and O–H groups in total. The molecule has 1 amide bonds. The molecule has 3 aromatic heterocycles. The largest absolute Gasteiger partial charge is 0.383 e. The lowest BCUT2D eigenvalue weighted by Crippen LogP contribution is -2.23. The molecule has 0 atom stereocenters. The highest BCUT2D eigenvalue weighted by atomic mass is 32.1. The molecule has 0 saturated carbocycles. The maximum absolute atomic E-state index is 13.2. The molecule has 9 heteroatoms. The van der Waals surface area contributed by atoms with Crippen LogP contribution in [0.15, 0.2) is 71.1 Å². The maximum Gasteiger partial charge on any atom is 0.257 e.